The van der Waals surface area contributed by atoms with Crippen LogP contribution in [0.1, 0.15) is 25.0 Å². The summed E-state index contributed by atoms with van der Waals surface area (Å²) in [4.78, 5) is 9.44. The standard InChI is InChI=1S/C55H36N2O/c1-55(2)49-31-38(21-24-42(49)43-25-23-39(32-50(43)55)40-14-8-15-47-44-12-5-6-16-51(44)58-54(40)47)34-19-17-33(18-20-34)35-9-7-10-36(29-35)37-22-26-46-48(30-37)41-11-3-4-13-45(41)52-53(46)57-28-27-56-52/h3-32H,1-2H3. The van der Waals surface area contributed by atoms with Crippen LogP contribution in [0.3, 0.4) is 0 Å². The lowest BCUT2D eigenvalue weighted by Crippen LogP contribution is -2.15. The molecule has 9 aromatic carbocycles. The number of aromatic nitrogens is 2. The van der Waals surface area contributed by atoms with Crippen molar-refractivity contribution in [1.29, 1.82) is 0 Å². The molecule has 1 aliphatic rings. The van der Waals surface area contributed by atoms with Crippen LogP contribution >= 0.6 is 0 Å². The van der Waals surface area contributed by atoms with Gasteiger partial charge < -0.3 is 4.42 Å². The van der Waals surface area contributed by atoms with Crippen molar-refractivity contribution in [2.75, 3.05) is 0 Å². The van der Waals surface area contributed by atoms with E-state index in [2.05, 4.69) is 178 Å². The number of nitrogens with zero attached hydrogens (tertiary/aromatic N) is 2. The Morgan fingerprint density at radius 1 is 0.362 bits per heavy atom. The molecule has 0 saturated heterocycles. The van der Waals surface area contributed by atoms with Crippen LogP contribution < -0.4 is 0 Å². The van der Waals surface area contributed by atoms with Gasteiger partial charge in [-0.15, -0.1) is 0 Å². The minimum Gasteiger partial charge on any atom is -0.455 e. The van der Waals surface area contributed by atoms with Crippen LogP contribution in [0.5, 0.6) is 0 Å². The molecule has 3 nitrogen and oxygen atoms in total. The van der Waals surface area contributed by atoms with E-state index in [1.54, 1.807) is 12.4 Å². The molecule has 272 valence electrons. The molecule has 0 aliphatic heterocycles. The fraction of sp³-hybridized carbons (Fsp3) is 0.0545. The number of benzene rings is 9. The van der Waals surface area contributed by atoms with E-state index >= 15 is 0 Å². The number of para-hydroxylation sites is 2. The summed E-state index contributed by atoms with van der Waals surface area (Å²) in [5, 5.41) is 6.95. The highest BCUT2D eigenvalue weighted by atomic mass is 16.3. The zero-order valence-corrected chi connectivity index (χ0v) is 32.1. The van der Waals surface area contributed by atoms with Crippen molar-refractivity contribution in [1.82, 2.24) is 9.97 Å². The molecule has 58 heavy (non-hydrogen) atoms. The third-order valence-corrected chi connectivity index (χ3v) is 12.6. The van der Waals surface area contributed by atoms with Gasteiger partial charge in [-0.3, -0.25) is 9.97 Å². The van der Waals surface area contributed by atoms with Gasteiger partial charge in [0.15, 0.2) is 0 Å². The lowest BCUT2D eigenvalue weighted by Gasteiger charge is -2.22. The van der Waals surface area contributed by atoms with E-state index in [0.29, 0.717) is 0 Å². The maximum atomic E-state index is 6.43. The van der Waals surface area contributed by atoms with E-state index in [1.165, 1.54) is 72.0 Å². The summed E-state index contributed by atoms with van der Waals surface area (Å²) in [5.41, 5.74) is 18.4. The van der Waals surface area contributed by atoms with Crippen LogP contribution in [0.4, 0.5) is 0 Å². The van der Waals surface area contributed by atoms with Gasteiger partial charge in [-0.05, 0) is 102 Å². The monoisotopic (exact) mass is 740 g/mol. The fourth-order valence-electron chi connectivity index (χ4n) is 9.60. The molecule has 0 amide bonds. The largest absolute Gasteiger partial charge is 0.455 e. The van der Waals surface area contributed by atoms with Crippen molar-refractivity contribution in [3.8, 4) is 55.6 Å². The Bertz CT molecular complexity index is 3450. The number of furan rings is 1. The molecule has 0 spiro atoms. The average Bonchev–Trinajstić information content (AvgIpc) is 3.78. The predicted molar refractivity (Wildman–Crippen MR) is 241 cm³/mol. The molecule has 0 atom stereocenters. The smallest absolute Gasteiger partial charge is 0.143 e. The van der Waals surface area contributed by atoms with E-state index < -0.39 is 0 Å². The fourth-order valence-corrected chi connectivity index (χ4v) is 9.60. The number of hydrogen-bond acceptors (Lipinski definition) is 3. The summed E-state index contributed by atoms with van der Waals surface area (Å²) in [6.07, 6.45) is 3.56. The summed E-state index contributed by atoms with van der Waals surface area (Å²) in [5.74, 6) is 0. The van der Waals surface area contributed by atoms with E-state index in [9.17, 15) is 0 Å². The van der Waals surface area contributed by atoms with Crippen molar-refractivity contribution in [3.05, 3.63) is 193 Å². The average molecular weight is 741 g/mol. The van der Waals surface area contributed by atoms with Crippen LogP contribution in [0.25, 0.3) is 110 Å². The number of hydrogen-bond donors (Lipinski definition) is 0. The summed E-state index contributed by atoms with van der Waals surface area (Å²) in [6, 6.07) is 61.9. The Morgan fingerprint density at radius 2 is 0.879 bits per heavy atom. The van der Waals surface area contributed by atoms with Crippen LogP contribution in [0.15, 0.2) is 187 Å². The first-order chi connectivity index (χ1) is 28.5. The van der Waals surface area contributed by atoms with Gasteiger partial charge in [0.1, 0.15) is 11.2 Å². The third kappa shape index (κ3) is 4.86. The molecular weight excluding hydrogens is 705 g/mol. The Balaban J connectivity index is 0.860. The van der Waals surface area contributed by atoms with Crippen LogP contribution in [0.2, 0.25) is 0 Å². The minimum atomic E-state index is -0.158. The maximum absolute atomic E-state index is 6.43. The van der Waals surface area contributed by atoms with Crippen molar-refractivity contribution in [2.45, 2.75) is 19.3 Å². The van der Waals surface area contributed by atoms with Gasteiger partial charge in [-0.25, -0.2) is 0 Å². The molecule has 1 aliphatic carbocycles. The van der Waals surface area contributed by atoms with Crippen LogP contribution in [-0.2, 0) is 5.41 Å². The first kappa shape index (κ1) is 32.8. The molecular formula is C55H36N2O. The number of rotatable bonds is 4. The molecule has 0 fully saturated rings. The lowest BCUT2D eigenvalue weighted by molar-refractivity contribution is 0.660. The van der Waals surface area contributed by atoms with Crippen molar-refractivity contribution in [2.24, 2.45) is 0 Å². The lowest BCUT2D eigenvalue weighted by atomic mass is 9.80. The molecule has 12 rings (SSSR count). The highest BCUT2D eigenvalue weighted by molar-refractivity contribution is 6.23. The van der Waals surface area contributed by atoms with E-state index in [-0.39, 0.29) is 5.41 Å². The van der Waals surface area contributed by atoms with Crippen molar-refractivity contribution >= 4 is 54.5 Å². The number of fused-ring (bicyclic) bond motifs is 12. The first-order valence-electron chi connectivity index (χ1n) is 20.0. The second-order valence-corrected chi connectivity index (χ2v) is 16.1. The minimum absolute atomic E-state index is 0.158. The third-order valence-electron chi connectivity index (χ3n) is 12.6. The van der Waals surface area contributed by atoms with Crippen LogP contribution in [-0.4, -0.2) is 9.97 Å². The second kappa shape index (κ2) is 12.3. The molecule has 0 radical (unpaired) electrons. The Kier molecular flexibility index (Phi) is 6.98. The summed E-state index contributed by atoms with van der Waals surface area (Å²) >= 11 is 0. The van der Waals surface area contributed by atoms with Gasteiger partial charge in [-0.2, -0.15) is 0 Å². The molecule has 3 heteroatoms. The SMILES string of the molecule is CC1(C)c2cc(-c3ccc(-c4cccc(-c5ccc6c(c5)c5ccccc5c5nccnc65)c4)cc3)ccc2-c2ccc(-c3cccc4c3oc3ccccc34)cc21. The predicted octanol–water partition coefficient (Wildman–Crippen LogP) is 14.8. The van der Waals surface area contributed by atoms with E-state index in [1.807, 2.05) is 6.07 Å². The van der Waals surface area contributed by atoms with Gasteiger partial charge in [0.05, 0.1) is 11.0 Å². The van der Waals surface area contributed by atoms with Crippen molar-refractivity contribution in [3.63, 3.8) is 0 Å². The Morgan fingerprint density at radius 3 is 1.62 bits per heavy atom. The second-order valence-electron chi connectivity index (χ2n) is 16.1. The molecule has 11 aromatic rings. The van der Waals surface area contributed by atoms with Gasteiger partial charge in [0.2, 0.25) is 0 Å². The van der Waals surface area contributed by atoms with Crippen LogP contribution in [0, 0.1) is 0 Å². The van der Waals surface area contributed by atoms with Crippen molar-refractivity contribution < 1.29 is 4.42 Å². The molecule has 0 unspecified atom stereocenters. The van der Waals surface area contributed by atoms with E-state index in [4.69, 9.17) is 14.4 Å². The summed E-state index contributed by atoms with van der Waals surface area (Å²) in [6.45, 7) is 4.72. The zero-order chi connectivity index (χ0) is 38.5. The molecule has 2 heterocycles. The Hall–Kier alpha value is -7.36. The zero-order valence-electron chi connectivity index (χ0n) is 32.1. The topological polar surface area (TPSA) is 38.9 Å². The van der Waals surface area contributed by atoms with Gasteiger partial charge >= 0.3 is 0 Å². The van der Waals surface area contributed by atoms with Gasteiger partial charge in [0, 0.05) is 44.9 Å². The molecule has 2 aromatic heterocycles. The van der Waals surface area contributed by atoms with E-state index in [0.717, 1.165) is 49.3 Å². The summed E-state index contributed by atoms with van der Waals surface area (Å²) < 4.78 is 6.43. The highest BCUT2D eigenvalue weighted by Crippen LogP contribution is 2.51. The van der Waals surface area contributed by atoms with Gasteiger partial charge in [-0.1, -0.05) is 153 Å². The first-order valence-corrected chi connectivity index (χ1v) is 20.0. The Labute approximate surface area is 335 Å². The normalized spacial score (nSPS) is 13.1. The molecule has 0 bridgehead atoms. The quantitative estimate of drug-likeness (QED) is 0.169. The molecule has 0 N–H and O–H groups in total. The molecule has 0 saturated carbocycles. The highest BCUT2D eigenvalue weighted by Gasteiger charge is 2.36. The maximum Gasteiger partial charge on any atom is 0.143 e. The van der Waals surface area contributed by atoms with Gasteiger partial charge in [0.25, 0.3) is 0 Å². The summed E-state index contributed by atoms with van der Waals surface area (Å²) in [7, 11) is 0.